The summed E-state index contributed by atoms with van der Waals surface area (Å²) in [4.78, 5) is 24.3. The number of nitriles is 1. The third-order valence-corrected chi connectivity index (χ3v) is 7.37. The Kier molecular flexibility index (Phi) is 11.1. The molecule has 0 bridgehead atoms. The summed E-state index contributed by atoms with van der Waals surface area (Å²) < 4.78 is 15.5. The smallest absolute Gasteiger partial charge is 0.305 e. The van der Waals surface area contributed by atoms with E-state index < -0.39 is 10.7 Å². The van der Waals surface area contributed by atoms with Crippen LogP contribution in [0.15, 0.2) is 66.7 Å². The molecule has 1 unspecified atom stereocenters. The first-order valence-electron chi connectivity index (χ1n) is 12.1. The average Bonchev–Trinajstić information content (AvgIpc) is 2.95. The maximum Gasteiger partial charge on any atom is 0.305 e. The molecule has 0 aliphatic rings. The minimum atomic E-state index is -0.869. The quantitative estimate of drug-likeness (QED) is 0.174. The van der Waals surface area contributed by atoms with Crippen LogP contribution in [0.2, 0.25) is 0 Å². The molecule has 38 heavy (non-hydrogen) atoms. The van der Waals surface area contributed by atoms with Gasteiger partial charge >= 0.3 is 5.97 Å². The Morgan fingerprint density at radius 1 is 1.03 bits per heavy atom. The second kappa shape index (κ2) is 14.5. The third-order valence-electron chi connectivity index (χ3n) is 5.75. The van der Waals surface area contributed by atoms with Crippen LogP contribution in [-0.4, -0.2) is 54.3 Å². The van der Waals surface area contributed by atoms with Crippen molar-refractivity contribution in [3.8, 4) is 11.8 Å². The van der Waals surface area contributed by atoms with Crippen molar-refractivity contribution in [1.29, 1.82) is 5.26 Å². The first kappa shape index (κ1) is 29.1. The van der Waals surface area contributed by atoms with E-state index >= 15 is 0 Å². The van der Waals surface area contributed by atoms with E-state index in [1.54, 1.807) is 38.3 Å². The van der Waals surface area contributed by atoms with E-state index in [9.17, 15) is 14.9 Å². The number of amides is 1. The largest absolute Gasteiger partial charge is 0.497 e. The van der Waals surface area contributed by atoms with Crippen LogP contribution >= 0.6 is 24.0 Å². The van der Waals surface area contributed by atoms with Crippen LogP contribution in [-0.2, 0) is 14.3 Å². The second-order valence-corrected chi connectivity index (χ2v) is 10.8. The molecular formula is C29H30N2O5S2. The van der Waals surface area contributed by atoms with Crippen LogP contribution < -0.4 is 10.1 Å². The van der Waals surface area contributed by atoms with E-state index in [-0.39, 0.29) is 32.1 Å². The standard InChI is InChI=1S/C29H30N2O5S2/c1-29(20-30,38-28(37)25-9-5-7-21-6-3-4-8-24(21)25)15-14-26(32)36-19-18-35-17-16-31-27(33)22-10-12-23(34-2)13-11-22/h3-13H,14-19H2,1-2H3,(H,31,33). The lowest BCUT2D eigenvalue weighted by Gasteiger charge is -2.21. The number of rotatable bonds is 13. The molecule has 0 aliphatic carbocycles. The van der Waals surface area contributed by atoms with Gasteiger partial charge in [-0.1, -0.05) is 66.4 Å². The van der Waals surface area contributed by atoms with Gasteiger partial charge < -0.3 is 19.5 Å². The normalized spacial score (nSPS) is 12.2. The molecule has 1 amide bonds. The van der Waals surface area contributed by atoms with Crippen molar-refractivity contribution < 1.29 is 23.8 Å². The summed E-state index contributed by atoms with van der Waals surface area (Å²) in [6.45, 7) is 2.70. The van der Waals surface area contributed by atoms with Gasteiger partial charge in [0.2, 0.25) is 0 Å². The van der Waals surface area contributed by atoms with Crippen molar-refractivity contribution >= 4 is 50.8 Å². The molecule has 0 spiro atoms. The van der Waals surface area contributed by atoms with Crippen molar-refractivity contribution in [2.75, 3.05) is 33.5 Å². The number of carbonyl (C=O) groups excluding carboxylic acids is 2. The first-order valence-corrected chi connectivity index (χ1v) is 13.4. The molecule has 3 aromatic carbocycles. The Hall–Kier alpha value is -3.45. The maximum atomic E-state index is 12.2. The summed E-state index contributed by atoms with van der Waals surface area (Å²) in [5.74, 6) is 0.0698. The minimum absolute atomic E-state index is 0.0904. The lowest BCUT2D eigenvalue weighted by molar-refractivity contribution is -0.145. The average molecular weight is 551 g/mol. The fraction of sp³-hybridized carbons (Fsp3) is 0.310. The highest BCUT2D eigenvalue weighted by Gasteiger charge is 2.28. The molecule has 0 aliphatic heterocycles. The summed E-state index contributed by atoms with van der Waals surface area (Å²) in [6, 6.07) is 23.0. The van der Waals surface area contributed by atoms with Crippen LogP contribution in [0.25, 0.3) is 10.8 Å². The predicted octanol–water partition coefficient (Wildman–Crippen LogP) is 5.31. The van der Waals surface area contributed by atoms with Crippen molar-refractivity contribution in [2.24, 2.45) is 0 Å². The molecule has 0 aromatic heterocycles. The number of hydrogen-bond acceptors (Lipinski definition) is 8. The highest BCUT2D eigenvalue weighted by Crippen LogP contribution is 2.35. The van der Waals surface area contributed by atoms with Gasteiger partial charge in [0.25, 0.3) is 5.91 Å². The molecule has 198 valence electrons. The summed E-state index contributed by atoms with van der Waals surface area (Å²) in [5, 5.41) is 14.7. The molecule has 7 nitrogen and oxygen atoms in total. The number of nitrogens with one attached hydrogen (secondary N) is 1. The van der Waals surface area contributed by atoms with Crippen molar-refractivity contribution in [2.45, 2.75) is 24.5 Å². The third kappa shape index (κ3) is 8.55. The number of fused-ring (bicyclic) bond motifs is 1. The van der Waals surface area contributed by atoms with Crippen molar-refractivity contribution in [3.05, 3.63) is 77.9 Å². The number of hydrogen-bond donors (Lipinski definition) is 1. The monoisotopic (exact) mass is 550 g/mol. The number of benzene rings is 3. The summed E-state index contributed by atoms with van der Waals surface area (Å²) in [5.41, 5.74) is 1.43. The van der Waals surface area contributed by atoms with Crippen LogP contribution in [0.3, 0.4) is 0 Å². The number of thioether (sulfide) groups is 1. The molecule has 0 radical (unpaired) electrons. The van der Waals surface area contributed by atoms with Crippen LogP contribution in [0, 0.1) is 11.3 Å². The number of methoxy groups -OCH3 is 1. The number of nitrogens with zero attached hydrogens (tertiary/aromatic N) is 1. The molecule has 0 heterocycles. The predicted molar refractivity (Wildman–Crippen MR) is 154 cm³/mol. The highest BCUT2D eigenvalue weighted by atomic mass is 32.2. The topological polar surface area (TPSA) is 97.7 Å². The number of ether oxygens (including phenoxy) is 3. The van der Waals surface area contributed by atoms with Gasteiger partial charge in [-0.05, 0) is 48.4 Å². The number of carbonyl (C=O) groups is 2. The molecular weight excluding hydrogens is 520 g/mol. The van der Waals surface area contributed by atoms with Crippen LogP contribution in [0.1, 0.15) is 35.7 Å². The molecule has 9 heteroatoms. The van der Waals surface area contributed by atoms with Gasteiger partial charge in [0, 0.05) is 24.1 Å². The van der Waals surface area contributed by atoms with Gasteiger partial charge in [0.15, 0.2) is 0 Å². The van der Waals surface area contributed by atoms with Gasteiger partial charge in [-0.3, -0.25) is 9.59 Å². The molecule has 1 atom stereocenters. The Balaban J connectivity index is 1.33. The van der Waals surface area contributed by atoms with Gasteiger partial charge in [-0.25, -0.2) is 0 Å². The molecule has 0 saturated carbocycles. The SMILES string of the molecule is COc1ccc(C(=O)NCCOCCOC(=O)CCC(C)(C#N)SC(=S)c2cccc3ccccc23)cc1. The molecule has 3 aromatic rings. The van der Waals surface area contributed by atoms with Gasteiger partial charge in [-0.2, -0.15) is 5.26 Å². The van der Waals surface area contributed by atoms with E-state index in [1.165, 1.54) is 11.8 Å². The lowest BCUT2D eigenvalue weighted by Crippen LogP contribution is -2.27. The Labute approximate surface area is 232 Å². The second-order valence-electron chi connectivity index (χ2n) is 8.58. The fourth-order valence-corrected chi connectivity index (χ4v) is 5.28. The number of esters is 1. The zero-order valence-electron chi connectivity index (χ0n) is 21.4. The van der Waals surface area contributed by atoms with Gasteiger partial charge in [0.1, 0.15) is 17.1 Å². The Morgan fingerprint density at radius 2 is 1.76 bits per heavy atom. The zero-order chi connectivity index (χ0) is 27.4. The maximum absolute atomic E-state index is 12.2. The lowest BCUT2D eigenvalue weighted by atomic mass is 10.1. The summed E-state index contributed by atoms with van der Waals surface area (Å²) in [7, 11) is 1.57. The van der Waals surface area contributed by atoms with Crippen molar-refractivity contribution in [3.63, 3.8) is 0 Å². The van der Waals surface area contributed by atoms with E-state index in [1.807, 2.05) is 42.5 Å². The number of thiocarbonyl (C=S) groups is 1. The molecule has 0 fully saturated rings. The fourth-order valence-electron chi connectivity index (χ4n) is 3.60. The zero-order valence-corrected chi connectivity index (χ0v) is 23.0. The summed E-state index contributed by atoms with van der Waals surface area (Å²) in [6.07, 6.45) is 0.392. The molecule has 1 N–H and O–H groups in total. The van der Waals surface area contributed by atoms with Crippen LogP contribution in [0.5, 0.6) is 5.75 Å². The van der Waals surface area contributed by atoms with Gasteiger partial charge in [-0.15, -0.1) is 0 Å². The minimum Gasteiger partial charge on any atom is -0.497 e. The van der Waals surface area contributed by atoms with E-state index in [2.05, 4.69) is 11.4 Å². The van der Waals surface area contributed by atoms with E-state index in [4.69, 9.17) is 26.4 Å². The van der Waals surface area contributed by atoms with E-state index in [0.29, 0.717) is 28.5 Å². The summed E-state index contributed by atoms with van der Waals surface area (Å²) >= 11 is 6.96. The van der Waals surface area contributed by atoms with Crippen molar-refractivity contribution in [1.82, 2.24) is 5.32 Å². The highest BCUT2D eigenvalue weighted by molar-refractivity contribution is 8.24. The molecule has 0 saturated heterocycles. The Bertz CT molecular complexity index is 1300. The van der Waals surface area contributed by atoms with Crippen LogP contribution in [0.4, 0.5) is 0 Å². The van der Waals surface area contributed by atoms with Gasteiger partial charge in [0.05, 0.1) is 30.6 Å². The van der Waals surface area contributed by atoms with E-state index in [0.717, 1.165) is 16.3 Å². The first-order chi connectivity index (χ1) is 18.3. The molecule has 3 rings (SSSR count). The Morgan fingerprint density at radius 3 is 2.50 bits per heavy atom.